The van der Waals surface area contributed by atoms with Gasteiger partial charge in [-0.3, -0.25) is 4.99 Å². The highest BCUT2D eigenvalue weighted by Gasteiger charge is 2.06. The van der Waals surface area contributed by atoms with Crippen LogP contribution in [-0.4, -0.2) is 44.2 Å². The predicted molar refractivity (Wildman–Crippen MR) is 101 cm³/mol. The van der Waals surface area contributed by atoms with E-state index in [0.29, 0.717) is 13.2 Å². The number of hydrogen-bond acceptors (Lipinski definition) is 2. The monoisotopic (exact) mass is 425 g/mol. The van der Waals surface area contributed by atoms with Gasteiger partial charge in [-0.1, -0.05) is 23.7 Å². The normalized spacial score (nSPS) is 11.0. The summed E-state index contributed by atoms with van der Waals surface area (Å²) in [6.07, 6.45) is 0. The molecule has 6 heteroatoms. The molecule has 1 aromatic rings. The summed E-state index contributed by atoms with van der Waals surface area (Å²) in [6.45, 7) is 7.74. The van der Waals surface area contributed by atoms with E-state index in [0.717, 1.165) is 30.7 Å². The molecule has 4 nitrogen and oxygen atoms in total. The zero-order valence-corrected chi connectivity index (χ0v) is 16.0. The Morgan fingerprint density at radius 1 is 1.29 bits per heavy atom. The lowest BCUT2D eigenvalue weighted by atomic mass is 10.2. The first-order valence-corrected chi connectivity index (χ1v) is 7.36. The minimum atomic E-state index is 0. The van der Waals surface area contributed by atoms with Crippen molar-refractivity contribution >= 4 is 41.5 Å². The van der Waals surface area contributed by atoms with Gasteiger partial charge in [-0.2, -0.15) is 0 Å². The zero-order chi connectivity index (χ0) is 14.8. The van der Waals surface area contributed by atoms with Gasteiger partial charge in [0.25, 0.3) is 0 Å². The molecule has 1 N–H and O–H groups in total. The van der Waals surface area contributed by atoms with Crippen molar-refractivity contribution in [1.29, 1.82) is 0 Å². The second kappa shape index (κ2) is 12.1. The van der Waals surface area contributed by atoms with E-state index in [-0.39, 0.29) is 24.0 Å². The van der Waals surface area contributed by atoms with Crippen molar-refractivity contribution in [3.05, 3.63) is 34.9 Å². The maximum absolute atomic E-state index is 5.90. The van der Waals surface area contributed by atoms with Gasteiger partial charge >= 0.3 is 0 Å². The van der Waals surface area contributed by atoms with Crippen LogP contribution in [0.1, 0.15) is 19.4 Å². The molecule has 21 heavy (non-hydrogen) atoms. The van der Waals surface area contributed by atoms with Gasteiger partial charge in [-0.05, 0) is 31.5 Å². The van der Waals surface area contributed by atoms with Crippen LogP contribution in [0.5, 0.6) is 0 Å². The minimum absolute atomic E-state index is 0. The van der Waals surface area contributed by atoms with E-state index in [1.54, 1.807) is 0 Å². The number of benzene rings is 1. The molecule has 0 fully saturated rings. The number of rotatable bonds is 7. The van der Waals surface area contributed by atoms with Crippen molar-refractivity contribution < 1.29 is 4.74 Å². The molecule has 0 saturated heterocycles. The van der Waals surface area contributed by atoms with Gasteiger partial charge in [0.2, 0.25) is 0 Å². The van der Waals surface area contributed by atoms with Gasteiger partial charge in [-0.15, -0.1) is 24.0 Å². The first-order valence-electron chi connectivity index (χ1n) is 6.99. The first-order chi connectivity index (χ1) is 9.67. The molecule has 1 rings (SSSR count). The van der Waals surface area contributed by atoms with Crippen LogP contribution < -0.4 is 5.32 Å². The Hall–Kier alpha value is -0.530. The minimum Gasteiger partial charge on any atom is -0.380 e. The third-order valence-corrected chi connectivity index (χ3v) is 2.98. The Bertz CT molecular complexity index is 412. The number of halogens is 2. The van der Waals surface area contributed by atoms with E-state index in [1.807, 2.05) is 38.2 Å². The maximum atomic E-state index is 5.90. The Morgan fingerprint density at radius 3 is 2.52 bits per heavy atom. The molecule has 0 spiro atoms. The van der Waals surface area contributed by atoms with Crippen LogP contribution in [0.15, 0.2) is 29.3 Å². The van der Waals surface area contributed by atoms with E-state index in [4.69, 9.17) is 16.3 Å². The van der Waals surface area contributed by atoms with Crippen LogP contribution in [0.4, 0.5) is 0 Å². The largest absolute Gasteiger partial charge is 0.380 e. The highest BCUT2D eigenvalue weighted by molar-refractivity contribution is 14.0. The summed E-state index contributed by atoms with van der Waals surface area (Å²) in [4.78, 5) is 6.64. The number of nitrogens with zero attached hydrogens (tertiary/aromatic N) is 2. The molecule has 0 radical (unpaired) electrons. The van der Waals surface area contributed by atoms with Gasteiger partial charge in [0.05, 0.1) is 13.2 Å². The van der Waals surface area contributed by atoms with E-state index < -0.39 is 0 Å². The summed E-state index contributed by atoms with van der Waals surface area (Å²) in [5.41, 5.74) is 1.20. The summed E-state index contributed by atoms with van der Waals surface area (Å²) in [5.74, 6) is 0.891. The van der Waals surface area contributed by atoms with Crippen LogP contribution in [0.2, 0.25) is 5.02 Å². The molecule has 1 aromatic carbocycles. The third kappa shape index (κ3) is 8.48. The molecule has 0 aliphatic heterocycles. The van der Waals surface area contributed by atoms with Gasteiger partial charge in [-0.25, -0.2) is 0 Å². The number of aliphatic imine (C=N–C) groups is 1. The fourth-order valence-corrected chi connectivity index (χ4v) is 1.89. The van der Waals surface area contributed by atoms with Crippen molar-refractivity contribution in [3.63, 3.8) is 0 Å². The summed E-state index contributed by atoms with van der Waals surface area (Å²) in [6, 6.07) is 7.87. The SMILES string of the molecule is CCNC(=NCCOCC)N(C)Cc1ccc(Cl)cc1.I. The molecule has 0 unspecified atom stereocenters. The smallest absolute Gasteiger partial charge is 0.194 e. The molecular formula is C15H25ClIN3O. The molecule has 0 aliphatic rings. The molecule has 0 aliphatic carbocycles. The lowest BCUT2D eigenvalue weighted by Crippen LogP contribution is -2.38. The highest BCUT2D eigenvalue weighted by atomic mass is 127. The average Bonchev–Trinajstić information content (AvgIpc) is 2.44. The molecule has 0 heterocycles. The fraction of sp³-hybridized carbons (Fsp3) is 0.533. The van der Waals surface area contributed by atoms with Crippen LogP contribution in [0.25, 0.3) is 0 Å². The van der Waals surface area contributed by atoms with E-state index in [9.17, 15) is 0 Å². The van der Waals surface area contributed by atoms with Crippen molar-refractivity contribution in [3.8, 4) is 0 Å². The lowest BCUT2D eigenvalue weighted by molar-refractivity contribution is 0.155. The van der Waals surface area contributed by atoms with Crippen LogP contribution in [0.3, 0.4) is 0 Å². The fourth-order valence-electron chi connectivity index (χ4n) is 1.77. The summed E-state index contributed by atoms with van der Waals surface area (Å²) >= 11 is 5.90. The van der Waals surface area contributed by atoms with Gasteiger partial charge in [0, 0.05) is 31.8 Å². The predicted octanol–water partition coefficient (Wildman–Crippen LogP) is 3.39. The van der Waals surface area contributed by atoms with Crippen molar-refractivity contribution in [1.82, 2.24) is 10.2 Å². The van der Waals surface area contributed by atoms with Crippen LogP contribution >= 0.6 is 35.6 Å². The lowest BCUT2D eigenvalue weighted by Gasteiger charge is -2.22. The Balaban J connectivity index is 0.00000400. The topological polar surface area (TPSA) is 36.9 Å². The van der Waals surface area contributed by atoms with Gasteiger partial charge < -0.3 is 15.0 Å². The summed E-state index contributed by atoms with van der Waals surface area (Å²) < 4.78 is 5.31. The number of ether oxygens (including phenoxy) is 1. The molecule has 0 saturated carbocycles. The van der Waals surface area contributed by atoms with E-state index in [2.05, 4.69) is 22.1 Å². The molecule has 0 amide bonds. The van der Waals surface area contributed by atoms with E-state index in [1.165, 1.54) is 5.56 Å². The Morgan fingerprint density at radius 2 is 1.95 bits per heavy atom. The van der Waals surface area contributed by atoms with Gasteiger partial charge in [0.15, 0.2) is 5.96 Å². The zero-order valence-electron chi connectivity index (χ0n) is 12.9. The van der Waals surface area contributed by atoms with Crippen molar-refractivity contribution in [2.45, 2.75) is 20.4 Å². The summed E-state index contributed by atoms with van der Waals surface area (Å²) in [7, 11) is 2.02. The van der Waals surface area contributed by atoms with Crippen LogP contribution in [-0.2, 0) is 11.3 Å². The Kier molecular flexibility index (Phi) is 11.8. The number of nitrogens with one attached hydrogen (secondary N) is 1. The molecular weight excluding hydrogens is 401 g/mol. The number of guanidine groups is 1. The quantitative estimate of drug-likeness (QED) is 0.315. The molecule has 120 valence electrons. The Labute approximate surface area is 149 Å². The second-order valence-electron chi connectivity index (χ2n) is 4.42. The molecule has 0 atom stereocenters. The van der Waals surface area contributed by atoms with Gasteiger partial charge in [0.1, 0.15) is 0 Å². The standard InChI is InChI=1S/C15H24ClN3O.HI/c1-4-17-15(18-10-11-20-5-2)19(3)12-13-6-8-14(16)9-7-13;/h6-9H,4-5,10-12H2,1-3H3,(H,17,18);1H. The van der Waals surface area contributed by atoms with Crippen LogP contribution in [0, 0.1) is 0 Å². The number of hydrogen-bond donors (Lipinski definition) is 1. The average molecular weight is 426 g/mol. The highest BCUT2D eigenvalue weighted by Crippen LogP contribution is 2.10. The molecule has 0 aromatic heterocycles. The third-order valence-electron chi connectivity index (χ3n) is 2.73. The molecule has 0 bridgehead atoms. The van der Waals surface area contributed by atoms with Crippen molar-refractivity contribution in [2.24, 2.45) is 4.99 Å². The summed E-state index contributed by atoms with van der Waals surface area (Å²) in [5, 5.41) is 4.04. The van der Waals surface area contributed by atoms with E-state index >= 15 is 0 Å². The first kappa shape index (κ1) is 20.5. The van der Waals surface area contributed by atoms with Crippen molar-refractivity contribution in [2.75, 3.05) is 33.4 Å². The maximum Gasteiger partial charge on any atom is 0.194 e. The second-order valence-corrected chi connectivity index (χ2v) is 4.85.